The van der Waals surface area contributed by atoms with Gasteiger partial charge in [0.05, 0.1) is 5.56 Å². The van der Waals surface area contributed by atoms with E-state index in [1.54, 1.807) is 6.07 Å². The van der Waals surface area contributed by atoms with Gasteiger partial charge in [0.1, 0.15) is 6.04 Å². The fourth-order valence-electron chi connectivity index (χ4n) is 3.20. The summed E-state index contributed by atoms with van der Waals surface area (Å²) in [6.07, 6.45) is -3.65. The summed E-state index contributed by atoms with van der Waals surface area (Å²) in [5.41, 5.74) is 7.28. The lowest BCUT2D eigenvalue weighted by atomic mass is 9.91. The maximum atomic E-state index is 12.9. The number of alkyl halides is 3. The average molecular weight is 334 g/mol. The molecule has 0 bridgehead atoms. The predicted octanol–water partition coefficient (Wildman–Crippen LogP) is 3.29. The zero-order valence-corrected chi connectivity index (χ0v) is 12.9. The van der Waals surface area contributed by atoms with Crippen molar-refractivity contribution >= 4 is 5.91 Å². The van der Waals surface area contributed by atoms with Gasteiger partial charge < -0.3 is 5.73 Å². The average Bonchev–Trinajstić information content (AvgIpc) is 2.53. The highest BCUT2D eigenvalue weighted by Gasteiger charge is 2.33. The standard InChI is InChI=1S/C18H17F3N2O/c19-18(20,21)14-6-3-4-12(10-14)11-23-9-8-13-5-1-2-7-15(13)16(23)17(22)24/h1-7,10,16H,8-9,11H2,(H2,22,24). The Hall–Kier alpha value is -2.34. The van der Waals surface area contributed by atoms with Crippen LogP contribution < -0.4 is 5.73 Å². The van der Waals surface area contributed by atoms with E-state index in [4.69, 9.17) is 5.73 Å². The van der Waals surface area contributed by atoms with Crippen molar-refractivity contribution < 1.29 is 18.0 Å². The van der Waals surface area contributed by atoms with E-state index in [2.05, 4.69) is 0 Å². The number of hydrogen-bond donors (Lipinski definition) is 1. The predicted molar refractivity (Wildman–Crippen MR) is 83.9 cm³/mol. The van der Waals surface area contributed by atoms with Crippen LogP contribution in [0.3, 0.4) is 0 Å². The number of amides is 1. The molecule has 1 unspecified atom stereocenters. The first kappa shape index (κ1) is 16.5. The summed E-state index contributed by atoms with van der Waals surface area (Å²) in [4.78, 5) is 13.8. The largest absolute Gasteiger partial charge is 0.416 e. The van der Waals surface area contributed by atoms with E-state index in [1.807, 2.05) is 29.2 Å². The van der Waals surface area contributed by atoms with Crippen molar-refractivity contribution in [2.24, 2.45) is 5.73 Å². The van der Waals surface area contributed by atoms with Crippen molar-refractivity contribution in [1.82, 2.24) is 4.90 Å². The molecule has 0 saturated heterocycles. The number of nitrogens with zero attached hydrogens (tertiary/aromatic N) is 1. The monoisotopic (exact) mass is 334 g/mol. The lowest BCUT2D eigenvalue weighted by Gasteiger charge is -2.35. The first-order valence-corrected chi connectivity index (χ1v) is 7.63. The van der Waals surface area contributed by atoms with Crippen LogP contribution in [0.1, 0.15) is 28.3 Å². The fraction of sp³-hybridized carbons (Fsp3) is 0.278. The molecular weight excluding hydrogens is 317 g/mol. The molecule has 6 heteroatoms. The highest BCUT2D eigenvalue weighted by molar-refractivity contribution is 5.82. The van der Waals surface area contributed by atoms with Crippen molar-refractivity contribution in [1.29, 1.82) is 0 Å². The van der Waals surface area contributed by atoms with Crippen LogP contribution in [0.15, 0.2) is 48.5 Å². The number of primary amides is 1. The van der Waals surface area contributed by atoms with Gasteiger partial charge in [0.25, 0.3) is 0 Å². The third-order valence-electron chi connectivity index (χ3n) is 4.29. The van der Waals surface area contributed by atoms with E-state index in [0.717, 1.165) is 29.7 Å². The van der Waals surface area contributed by atoms with Crippen LogP contribution in [-0.4, -0.2) is 17.4 Å². The highest BCUT2D eigenvalue weighted by Crippen LogP contribution is 2.33. The summed E-state index contributed by atoms with van der Waals surface area (Å²) in [5.74, 6) is -0.492. The maximum Gasteiger partial charge on any atom is 0.416 e. The lowest BCUT2D eigenvalue weighted by molar-refractivity contribution is -0.137. The van der Waals surface area contributed by atoms with Gasteiger partial charge in [0, 0.05) is 13.1 Å². The van der Waals surface area contributed by atoms with Crippen LogP contribution in [0, 0.1) is 0 Å². The van der Waals surface area contributed by atoms with Gasteiger partial charge >= 0.3 is 6.18 Å². The Labute approximate surface area is 137 Å². The molecule has 1 aliphatic rings. The Bertz CT molecular complexity index is 758. The Kier molecular flexibility index (Phi) is 4.32. The van der Waals surface area contributed by atoms with Crippen LogP contribution in [0.2, 0.25) is 0 Å². The zero-order chi connectivity index (χ0) is 17.3. The first-order chi connectivity index (χ1) is 11.4. The minimum Gasteiger partial charge on any atom is -0.368 e. The molecular formula is C18H17F3N2O. The Morgan fingerprint density at radius 1 is 1.17 bits per heavy atom. The molecule has 3 nitrogen and oxygen atoms in total. The molecule has 2 aromatic carbocycles. The van der Waals surface area contributed by atoms with Crippen molar-refractivity contribution in [3.05, 3.63) is 70.8 Å². The van der Waals surface area contributed by atoms with Crippen LogP contribution in [0.25, 0.3) is 0 Å². The Balaban J connectivity index is 1.89. The summed E-state index contributed by atoms with van der Waals surface area (Å²) >= 11 is 0. The molecule has 2 aromatic rings. The minimum absolute atomic E-state index is 0.242. The minimum atomic E-state index is -4.38. The summed E-state index contributed by atoms with van der Waals surface area (Å²) < 4.78 is 38.6. The van der Waals surface area contributed by atoms with Gasteiger partial charge in [-0.25, -0.2) is 0 Å². The van der Waals surface area contributed by atoms with E-state index in [0.29, 0.717) is 12.1 Å². The van der Waals surface area contributed by atoms with Gasteiger partial charge in [-0.05, 0) is 29.2 Å². The van der Waals surface area contributed by atoms with E-state index >= 15 is 0 Å². The van der Waals surface area contributed by atoms with Crippen LogP contribution in [0.4, 0.5) is 13.2 Å². The number of halogens is 3. The summed E-state index contributed by atoms with van der Waals surface area (Å²) in [6, 6.07) is 12.1. The first-order valence-electron chi connectivity index (χ1n) is 7.63. The quantitative estimate of drug-likeness (QED) is 0.936. The molecule has 0 saturated carbocycles. The molecule has 0 spiro atoms. The molecule has 0 fully saturated rings. The van der Waals surface area contributed by atoms with Crippen molar-refractivity contribution in [3.63, 3.8) is 0 Å². The lowest BCUT2D eigenvalue weighted by Crippen LogP contribution is -2.42. The topological polar surface area (TPSA) is 46.3 Å². The molecule has 3 rings (SSSR count). The molecule has 1 atom stereocenters. The zero-order valence-electron chi connectivity index (χ0n) is 12.9. The molecule has 126 valence electrons. The Morgan fingerprint density at radius 2 is 1.92 bits per heavy atom. The summed E-state index contributed by atoms with van der Waals surface area (Å²) in [7, 11) is 0. The molecule has 0 aromatic heterocycles. The van der Waals surface area contributed by atoms with Gasteiger partial charge in [0.15, 0.2) is 0 Å². The third kappa shape index (κ3) is 3.28. The van der Waals surface area contributed by atoms with E-state index < -0.39 is 23.7 Å². The van der Waals surface area contributed by atoms with Crippen molar-refractivity contribution in [2.45, 2.75) is 25.2 Å². The van der Waals surface area contributed by atoms with Gasteiger partial charge in [-0.3, -0.25) is 9.69 Å². The van der Waals surface area contributed by atoms with Crippen LogP contribution in [0.5, 0.6) is 0 Å². The van der Waals surface area contributed by atoms with E-state index in [-0.39, 0.29) is 6.54 Å². The summed E-state index contributed by atoms with van der Waals surface area (Å²) in [5, 5.41) is 0. The van der Waals surface area contributed by atoms with Gasteiger partial charge in [0.2, 0.25) is 5.91 Å². The normalized spacial score (nSPS) is 18.2. The van der Waals surface area contributed by atoms with Gasteiger partial charge in [-0.15, -0.1) is 0 Å². The smallest absolute Gasteiger partial charge is 0.368 e. The molecule has 0 aliphatic carbocycles. The van der Waals surface area contributed by atoms with Gasteiger partial charge in [-0.1, -0.05) is 42.5 Å². The maximum absolute atomic E-state index is 12.9. The second kappa shape index (κ2) is 6.28. The highest BCUT2D eigenvalue weighted by atomic mass is 19.4. The molecule has 1 aliphatic heterocycles. The number of benzene rings is 2. The van der Waals surface area contributed by atoms with Crippen LogP contribution >= 0.6 is 0 Å². The van der Waals surface area contributed by atoms with Gasteiger partial charge in [-0.2, -0.15) is 13.2 Å². The number of rotatable bonds is 3. The fourth-order valence-corrected chi connectivity index (χ4v) is 3.20. The van der Waals surface area contributed by atoms with Crippen molar-refractivity contribution in [2.75, 3.05) is 6.54 Å². The second-order valence-electron chi connectivity index (χ2n) is 5.92. The molecule has 24 heavy (non-hydrogen) atoms. The number of fused-ring (bicyclic) bond motifs is 1. The number of carbonyl (C=O) groups is 1. The molecule has 1 amide bonds. The number of nitrogens with two attached hydrogens (primary N) is 1. The number of hydrogen-bond acceptors (Lipinski definition) is 2. The number of carbonyl (C=O) groups excluding carboxylic acids is 1. The molecule has 1 heterocycles. The van der Waals surface area contributed by atoms with E-state index in [9.17, 15) is 18.0 Å². The molecule has 2 N–H and O–H groups in total. The second-order valence-corrected chi connectivity index (χ2v) is 5.92. The Morgan fingerprint density at radius 3 is 2.62 bits per heavy atom. The third-order valence-corrected chi connectivity index (χ3v) is 4.29. The SMILES string of the molecule is NC(=O)C1c2ccccc2CCN1Cc1cccc(C(F)(F)F)c1. The summed E-state index contributed by atoms with van der Waals surface area (Å²) in [6.45, 7) is 0.812. The van der Waals surface area contributed by atoms with E-state index in [1.165, 1.54) is 6.07 Å². The molecule has 0 radical (unpaired) electrons. The van der Waals surface area contributed by atoms with Crippen LogP contribution in [-0.2, 0) is 23.9 Å². The van der Waals surface area contributed by atoms with Crippen molar-refractivity contribution in [3.8, 4) is 0 Å².